The van der Waals surface area contributed by atoms with E-state index in [1.54, 1.807) is 18.1 Å². The minimum absolute atomic E-state index is 0.839. The van der Waals surface area contributed by atoms with Gasteiger partial charge in [0.1, 0.15) is 5.03 Å². The number of benzene rings is 1. The fourth-order valence-corrected chi connectivity index (χ4v) is 2.27. The third-order valence-electron chi connectivity index (χ3n) is 2.04. The highest BCUT2D eigenvalue weighted by atomic mass is 32.2. The number of aliphatic imine (C=N–C) groups is 1. The van der Waals surface area contributed by atoms with E-state index >= 15 is 0 Å². The highest BCUT2D eigenvalue weighted by Crippen LogP contribution is 2.35. The molecule has 0 radical (unpaired) electrons. The van der Waals surface area contributed by atoms with Crippen molar-refractivity contribution in [1.82, 2.24) is 9.97 Å². The highest BCUT2D eigenvalue weighted by molar-refractivity contribution is 7.99. The molecule has 0 aliphatic carbocycles. The Hall–Kier alpha value is -1.55. The number of aromatic nitrogens is 2. The van der Waals surface area contributed by atoms with Gasteiger partial charge in [0, 0.05) is 16.7 Å². The summed E-state index contributed by atoms with van der Waals surface area (Å²) in [6, 6.07) is 8.17. The summed E-state index contributed by atoms with van der Waals surface area (Å²) in [5.74, 6) is 0.839. The van der Waals surface area contributed by atoms with E-state index in [0.717, 1.165) is 16.4 Å². The summed E-state index contributed by atoms with van der Waals surface area (Å²) in [5, 5.41) is 0.936. The zero-order valence-electron chi connectivity index (χ0n) is 7.27. The van der Waals surface area contributed by atoms with Gasteiger partial charge in [0.15, 0.2) is 5.82 Å². The molecule has 0 unspecified atom stereocenters. The van der Waals surface area contributed by atoms with Gasteiger partial charge in [0.25, 0.3) is 0 Å². The maximum Gasteiger partial charge on any atom is 0.164 e. The largest absolute Gasteiger partial charge is 0.329 e. The average molecular weight is 201 g/mol. The van der Waals surface area contributed by atoms with Crippen molar-refractivity contribution in [2.45, 2.75) is 9.92 Å². The van der Waals surface area contributed by atoms with Crippen LogP contribution in [0.4, 0.5) is 5.82 Å². The van der Waals surface area contributed by atoms with Gasteiger partial charge in [-0.3, -0.25) is 0 Å². The Morgan fingerprint density at radius 3 is 3.14 bits per heavy atom. The fraction of sp³-hybridized carbons (Fsp3) is 0. The van der Waals surface area contributed by atoms with Crippen molar-refractivity contribution in [3.05, 3.63) is 36.2 Å². The summed E-state index contributed by atoms with van der Waals surface area (Å²) >= 11 is 1.64. The van der Waals surface area contributed by atoms with E-state index in [-0.39, 0.29) is 0 Å². The molecule has 1 aromatic heterocycles. The molecule has 0 atom stereocenters. The summed E-state index contributed by atoms with van der Waals surface area (Å²) < 4.78 is 0. The Balaban J connectivity index is 2.19. The van der Waals surface area contributed by atoms with Crippen LogP contribution in [0.2, 0.25) is 0 Å². The van der Waals surface area contributed by atoms with Crippen molar-refractivity contribution in [1.29, 1.82) is 0 Å². The van der Waals surface area contributed by atoms with Gasteiger partial charge in [0.05, 0.1) is 6.33 Å². The first-order chi connectivity index (χ1) is 6.93. The Morgan fingerprint density at radius 1 is 1.21 bits per heavy atom. The minimum atomic E-state index is 0.839. The summed E-state index contributed by atoms with van der Waals surface area (Å²) in [4.78, 5) is 12.7. The molecule has 0 saturated heterocycles. The lowest BCUT2D eigenvalue weighted by molar-refractivity contribution is 1.19. The molecule has 68 valence electrons. The number of hydrogen-bond acceptors (Lipinski definition) is 3. The lowest BCUT2D eigenvalue weighted by atomic mass is 10.2. The predicted molar refractivity (Wildman–Crippen MR) is 56.4 cm³/mol. The summed E-state index contributed by atoms with van der Waals surface area (Å²) in [6.45, 7) is 0. The number of fused-ring (bicyclic) bond motifs is 2. The summed E-state index contributed by atoms with van der Waals surface area (Å²) in [6.07, 6.45) is 3.54. The molecule has 3 nitrogen and oxygen atoms in total. The summed E-state index contributed by atoms with van der Waals surface area (Å²) in [7, 11) is 0. The maximum absolute atomic E-state index is 4.32. The van der Waals surface area contributed by atoms with Crippen molar-refractivity contribution in [2.24, 2.45) is 4.99 Å². The molecule has 1 aromatic carbocycles. The molecular weight excluding hydrogens is 194 g/mol. The van der Waals surface area contributed by atoms with E-state index < -0.39 is 0 Å². The van der Waals surface area contributed by atoms with Crippen LogP contribution in [0.5, 0.6) is 0 Å². The average Bonchev–Trinajstić information content (AvgIpc) is 2.58. The van der Waals surface area contributed by atoms with Crippen LogP contribution in [-0.4, -0.2) is 16.2 Å². The molecule has 0 amide bonds. The van der Waals surface area contributed by atoms with Gasteiger partial charge >= 0.3 is 0 Å². The number of aromatic amines is 1. The quantitative estimate of drug-likeness (QED) is 0.607. The zero-order chi connectivity index (χ0) is 9.38. The van der Waals surface area contributed by atoms with Gasteiger partial charge < -0.3 is 4.98 Å². The van der Waals surface area contributed by atoms with Crippen molar-refractivity contribution in [2.75, 3.05) is 0 Å². The summed E-state index contributed by atoms with van der Waals surface area (Å²) in [5.41, 5.74) is 1.14. The number of rotatable bonds is 0. The second-order valence-electron chi connectivity index (χ2n) is 2.95. The highest BCUT2D eigenvalue weighted by Gasteiger charge is 2.11. The third-order valence-corrected chi connectivity index (χ3v) is 3.13. The Morgan fingerprint density at radius 2 is 2.14 bits per heavy atom. The van der Waals surface area contributed by atoms with Gasteiger partial charge in [-0.15, -0.1) is 0 Å². The van der Waals surface area contributed by atoms with E-state index in [9.17, 15) is 0 Å². The van der Waals surface area contributed by atoms with E-state index in [4.69, 9.17) is 0 Å². The number of imidazole rings is 1. The van der Waals surface area contributed by atoms with Crippen LogP contribution in [0.3, 0.4) is 0 Å². The monoisotopic (exact) mass is 201 g/mol. The number of nitrogens with zero attached hydrogens (tertiary/aromatic N) is 2. The van der Waals surface area contributed by atoms with Crippen LogP contribution in [0.1, 0.15) is 5.56 Å². The molecule has 0 spiro atoms. The van der Waals surface area contributed by atoms with Crippen LogP contribution >= 0.6 is 11.8 Å². The van der Waals surface area contributed by atoms with Crippen molar-refractivity contribution >= 4 is 23.8 Å². The molecule has 14 heavy (non-hydrogen) atoms. The van der Waals surface area contributed by atoms with Crippen LogP contribution in [-0.2, 0) is 0 Å². The Labute approximate surface area is 85.3 Å². The second-order valence-corrected chi connectivity index (χ2v) is 3.99. The van der Waals surface area contributed by atoms with Crippen LogP contribution < -0.4 is 0 Å². The predicted octanol–water partition coefficient (Wildman–Crippen LogP) is 2.62. The third kappa shape index (κ3) is 1.15. The normalized spacial score (nSPS) is 13.1. The van der Waals surface area contributed by atoms with Gasteiger partial charge in [-0.05, 0) is 6.07 Å². The van der Waals surface area contributed by atoms with Gasteiger partial charge in [0.2, 0.25) is 0 Å². The van der Waals surface area contributed by atoms with Gasteiger partial charge in [-0.25, -0.2) is 9.98 Å². The standard InChI is InChI=1S/C10H7N3S/c1-2-4-8-7(3-1)5-11-9-10(14-8)13-6-12-9/h1-6H,(H,12,13). The van der Waals surface area contributed by atoms with E-state index in [2.05, 4.69) is 27.1 Å². The molecule has 0 fully saturated rings. The van der Waals surface area contributed by atoms with Crippen molar-refractivity contribution in [3.8, 4) is 0 Å². The molecule has 1 aliphatic rings. The first kappa shape index (κ1) is 7.82. The molecule has 0 bridgehead atoms. The number of nitrogens with one attached hydrogen (secondary N) is 1. The van der Waals surface area contributed by atoms with Crippen LogP contribution in [0, 0.1) is 0 Å². The topological polar surface area (TPSA) is 41.0 Å². The smallest absolute Gasteiger partial charge is 0.164 e. The molecule has 2 aromatic rings. The van der Waals surface area contributed by atoms with Gasteiger partial charge in [-0.1, -0.05) is 30.0 Å². The van der Waals surface area contributed by atoms with Gasteiger partial charge in [-0.2, -0.15) is 0 Å². The lowest BCUT2D eigenvalue weighted by Gasteiger charge is -1.99. The molecule has 0 saturated carbocycles. The van der Waals surface area contributed by atoms with E-state index in [0.29, 0.717) is 0 Å². The fourth-order valence-electron chi connectivity index (χ4n) is 1.36. The molecule has 1 N–H and O–H groups in total. The van der Waals surface area contributed by atoms with E-state index in [1.807, 2.05) is 18.3 Å². The maximum atomic E-state index is 4.32. The van der Waals surface area contributed by atoms with Crippen LogP contribution in [0.25, 0.3) is 0 Å². The Kier molecular flexibility index (Phi) is 1.67. The number of hydrogen-bond donors (Lipinski definition) is 1. The lowest BCUT2D eigenvalue weighted by Crippen LogP contribution is -1.82. The number of H-pyrrole nitrogens is 1. The molecule has 2 heterocycles. The molecule has 3 rings (SSSR count). The van der Waals surface area contributed by atoms with Crippen LogP contribution in [0.15, 0.2) is 45.5 Å². The Bertz CT molecular complexity index is 502. The molecular formula is C10H7N3S. The second kappa shape index (κ2) is 2.99. The SMILES string of the molecule is C1=Nc2[nH]cnc2Sc2ccccc21. The minimum Gasteiger partial charge on any atom is -0.329 e. The van der Waals surface area contributed by atoms with E-state index in [1.165, 1.54) is 4.90 Å². The first-order valence-electron chi connectivity index (χ1n) is 4.28. The molecule has 1 aliphatic heterocycles. The first-order valence-corrected chi connectivity index (χ1v) is 5.09. The zero-order valence-corrected chi connectivity index (χ0v) is 8.08. The van der Waals surface area contributed by atoms with Crippen molar-refractivity contribution < 1.29 is 0 Å². The molecule has 4 heteroatoms. The van der Waals surface area contributed by atoms with Crippen molar-refractivity contribution in [3.63, 3.8) is 0 Å².